The van der Waals surface area contributed by atoms with Crippen molar-refractivity contribution in [3.63, 3.8) is 0 Å². The van der Waals surface area contributed by atoms with E-state index in [0.717, 1.165) is 64.3 Å². The second-order valence-corrected chi connectivity index (χ2v) is 9.74. The average molecular weight is 484 g/mol. The van der Waals surface area contributed by atoms with Gasteiger partial charge in [0, 0.05) is 50.2 Å². The van der Waals surface area contributed by atoms with Crippen molar-refractivity contribution in [2.24, 2.45) is 7.05 Å². The van der Waals surface area contributed by atoms with E-state index in [1.807, 2.05) is 45.4 Å². The van der Waals surface area contributed by atoms with E-state index in [9.17, 15) is 4.79 Å². The largest absolute Gasteiger partial charge is 0.380 e. The topological polar surface area (TPSA) is 88.0 Å². The molecule has 0 spiro atoms. The maximum Gasteiger partial charge on any atom is 0.273 e. The Balaban J connectivity index is 1.54. The van der Waals surface area contributed by atoms with E-state index in [1.165, 1.54) is 0 Å². The van der Waals surface area contributed by atoms with Gasteiger partial charge in [0.2, 0.25) is 0 Å². The van der Waals surface area contributed by atoms with Crippen molar-refractivity contribution in [1.29, 1.82) is 0 Å². The molecule has 2 N–H and O–H groups in total. The molecule has 0 saturated carbocycles. The average Bonchev–Trinajstić information content (AvgIpc) is 3.18. The van der Waals surface area contributed by atoms with Crippen LogP contribution < -0.4 is 10.6 Å². The summed E-state index contributed by atoms with van der Waals surface area (Å²) in [6.07, 6.45) is 2.69. The molecule has 3 heterocycles. The van der Waals surface area contributed by atoms with E-state index >= 15 is 0 Å². The number of anilines is 1. The molecule has 8 nitrogen and oxygen atoms in total. The molecule has 186 valence electrons. The quantitative estimate of drug-likeness (QED) is 0.415. The highest BCUT2D eigenvalue weighted by Crippen LogP contribution is 2.27. The number of imidazole rings is 1. The minimum absolute atomic E-state index is 0.139. The molecule has 0 atom stereocenters. The summed E-state index contributed by atoms with van der Waals surface area (Å²) in [7, 11) is 3.80. The highest BCUT2D eigenvalue weighted by molar-refractivity contribution is 6.05. The number of carbonyl (C=O) groups is 1. The zero-order chi connectivity index (χ0) is 25.4. The van der Waals surface area contributed by atoms with E-state index in [1.54, 1.807) is 4.90 Å². The van der Waals surface area contributed by atoms with Crippen LogP contribution in [0.25, 0.3) is 22.3 Å². The lowest BCUT2D eigenvalue weighted by atomic mass is 10.1. The Morgan fingerprint density at radius 2 is 1.94 bits per heavy atom. The summed E-state index contributed by atoms with van der Waals surface area (Å²) in [5, 5.41) is 7.62. The van der Waals surface area contributed by atoms with Crippen LogP contribution in [0.15, 0.2) is 42.6 Å². The van der Waals surface area contributed by atoms with Gasteiger partial charge in [-0.25, -0.2) is 15.0 Å². The molecule has 8 heteroatoms. The Labute approximate surface area is 211 Å². The third-order valence-electron chi connectivity index (χ3n) is 6.78. The lowest BCUT2D eigenvalue weighted by Gasteiger charge is -2.29. The SMILES string of the molecule is CCc1ncc(CN(C)C(=O)c2nc(-c3cc(C)cc(NC4CNC4)c3)nc3ccc(C)cc23)n1C. The Morgan fingerprint density at radius 1 is 1.14 bits per heavy atom. The van der Waals surface area contributed by atoms with Gasteiger partial charge in [-0.1, -0.05) is 18.6 Å². The first-order chi connectivity index (χ1) is 17.3. The summed E-state index contributed by atoms with van der Waals surface area (Å²) < 4.78 is 2.05. The summed E-state index contributed by atoms with van der Waals surface area (Å²) in [4.78, 5) is 29.6. The third kappa shape index (κ3) is 4.68. The van der Waals surface area contributed by atoms with Gasteiger partial charge in [-0.3, -0.25) is 4.79 Å². The summed E-state index contributed by atoms with van der Waals surface area (Å²) in [6.45, 7) is 8.51. The molecule has 0 unspecified atom stereocenters. The Bertz CT molecular complexity index is 1440. The first-order valence-corrected chi connectivity index (χ1v) is 12.4. The fourth-order valence-corrected chi connectivity index (χ4v) is 4.62. The molecular weight excluding hydrogens is 450 g/mol. The summed E-state index contributed by atoms with van der Waals surface area (Å²) in [5.41, 5.74) is 6.26. The van der Waals surface area contributed by atoms with Crippen molar-refractivity contribution in [3.05, 3.63) is 70.9 Å². The molecule has 1 saturated heterocycles. The van der Waals surface area contributed by atoms with E-state index in [4.69, 9.17) is 9.97 Å². The van der Waals surface area contributed by atoms with Gasteiger partial charge < -0.3 is 20.1 Å². The van der Waals surface area contributed by atoms with Crippen LogP contribution in [0.3, 0.4) is 0 Å². The number of benzene rings is 2. The Morgan fingerprint density at radius 3 is 2.64 bits per heavy atom. The van der Waals surface area contributed by atoms with Crippen LogP contribution in [-0.4, -0.2) is 56.5 Å². The fourth-order valence-electron chi connectivity index (χ4n) is 4.62. The van der Waals surface area contributed by atoms with Crippen LogP contribution in [0, 0.1) is 13.8 Å². The van der Waals surface area contributed by atoms with Crippen molar-refractivity contribution in [2.75, 3.05) is 25.5 Å². The Kier molecular flexibility index (Phi) is 6.45. The molecule has 1 aliphatic heterocycles. The number of hydrogen-bond donors (Lipinski definition) is 2. The lowest BCUT2D eigenvalue weighted by molar-refractivity contribution is 0.0778. The van der Waals surface area contributed by atoms with Crippen molar-refractivity contribution in [3.8, 4) is 11.4 Å². The van der Waals surface area contributed by atoms with Crippen LogP contribution in [0.5, 0.6) is 0 Å². The number of carbonyl (C=O) groups excluding carboxylic acids is 1. The summed E-state index contributed by atoms with van der Waals surface area (Å²) in [6, 6.07) is 12.7. The van der Waals surface area contributed by atoms with Crippen molar-refractivity contribution in [2.45, 2.75) is 39.8 Å². The van der Waals surface area contributed by atoms with Crippen LogP contribution >= 0.6 is 0 Å². The van der Waals surface area contributed by atoms with Gasteiger partial charge in [0.05, 0.1) is 30.0 Å². The van der Waals surface area contributed by atoms with Crippen LogP contribution in [0.1, 0.15) is 40.1 Å². The standard InChI is InChI=1S/C28H33N7O/c1-6-25-30-15-22(35(25)5)16-34(4)28(36)26-23-11-17(2)7-8-24(23)32-27(33-26)19-9-18(3)10-20(12-19)31-21-13-29-14-21/h7-12,15,21,29,31H,6,13-14,16H2,1-5H3. The summed E-state index contributed by atoms with van der Waals surface area (Å²) in [5.74, 6) is 1.41. The first kappa shape index (κ1) is 23.9. The first-order valence-electron chi connectivity index (χ1n) is 12.4. The van der Waals surface area contributed by atoms with Gasteiger partial charge in [-0.15, -0.1) is 0 Å². The second-order valence-electron chi connectivity index (χ2n) is 9.74. The molecular formula is C28H33N7O. The van der Waals surface area contributed by atoms with E-state index < -0.39 is 0 Å². The summed E-state index contributed by atoms with van der Waals surface area (Å²) >= 11 is 0. The molecule has 0 aliphatic carbocycles. The molecule has 0 bridgehead atoms. The van der Waals surface area contributed by atoms with Gasteiger partial charge in [0.15, 0.2) is 5.82 Å². The zero-order valence-corrected chi connectivity index (χ0v) is 21.6. The molecule has 2 aromatic carbocycles. The number of aryl methyl sites for hydroxylation is 3. The molecule has 4 aromatic rings. The predicted octanol–water partition coefficient (Wildman–Crippen LogP) is 3.87. The van der Waals surface area contributed by atoms with Crippen molar-refractivity contribution >= 4 is 22.5 Å². The van der Waals surface area contributed by atoms with E-state index in [0.29, 0.717) is 24.1 Å². The number of nitrogens with zero attached hydrogens (tertiary/aromatic N) is 5. The van der Waals surface area contributed by atoms with Gasteiger partial charge in [0.25, 0.3) is 5.91 Å². The molecule has 0 radical (unpaired) electrons. The predicted molar refractivity (Wildman–Crippen MR) is 143 cm³/mol. The number of hydrogen-bond acceptors (Lipinski definition) is 6. The fraction of sp³-hybridized carbons (Fsp3) is 0.357. The maximum atomic E-state index is 13.8. The van der Waals surface area contributed by atoms with Gasteiger partial charge in [-0.2, -0.15) is 0 Å². The van der Waals surface area contributed by atoms with Gasteiger partial charge in [-0.05, 0) is 49.7 Å². The van der Waals surface area contributed by atoms with Gasteiger partial charge >= 0.3 is 0 Å². The van der Waals surface area contributed by atoms with Crippen molar-refractivity contribution in [1.82, 2.24) is 29.7 Å². The smallest absolute Gasteiger partial charge is 0.273 e. The molecule has 5 rings (SSSR count). The second kappa shape index (κ2) is 9.70. The minimum atomic E-state index is -0.139. The van der Waals surface area contributed by atoms with E-state index in [-0.39, 0.29) is 5.91 Å². The molecule has 1 amide bonds. The molecule has 36 heavy (non-hydrogen) atoms. The van der Waals surface area contributed by atoms with Crippen molar-refractivity contribution < 1.29 is 4.79 Å². The number of nitrogens with one attached hydrogen (secondary N) is 2. The van der Waals surface area contributed by atoms with Crippen LogP contribution in [0.2, 0.25) is 0 Å². The molecule has 1 aliphatic rings. The zero-order valence-electron chi connectivity index (χ0n) is 21.6. The highest BCUT2D eigenvalue weighted by atomic mass is 16.2. The molecule has 2 aromatic heterocycles. The number of rotatable bonds is 7. The minimum Gasteiger partial charge on any atom is -0.380 e. The third-order valence-corrected chi connectivity index (χ3v) is 6.78. The van der Waals surface area contributed by atoms with Crippen LogP contribution in [0.4, 0.5) is 5.69 Å². The lowest BCUT2D eigenvalue weighted by Crippen LogP contribution is -2.51. The van der Waals surface area contributed by atoms with Gasteiger partial charge in [0.1, 0.15) is 11.5 Å². The molecule has 1 fully saturated rings. The van der Waals surface area contributed by atoms with Crippen LogP contribution in [-0.2, 0) is 20.0 Å². The van der Waals surface area contributed by atoms with E-state index in [2.05, 4.69) is 52.2 Å². The number of aromatic nitrogens is 4. The normalized spacial score (nSPS) is 13.6. The highest BCUT2D eigenvalue weighted by Gasteiger charge is 2.22. The number of amides is 1. The number of fused-ring (bicyclic) bond motifs is 1. The monoisotopic (exact) mass is 483 g/mol. The maximum absolute atomic E-state index is 13.8. The Hall–Kier alpha value is -3.78.